The average molecular weight is 349 g/mol. The molecule has 3 rings (SSSR count). The molecule has 2 aromatic heterocycles. The maximum atomic E-state index is 12.1. The fraction of sp³-hybridized carbons (Fsp3) is 0.0714. The molecule has 2 heterocycles. The summed E-state index contributed by atoms with van der Waals surface area (Å²) in [6.45, 7) is -0.391. The van der Waals surface area contributed by atoms with Crippen LogP contribution >= 0.6 is 11.6 Å². The minimum absolute atomic E-state index is 0.103. The number of nitro benzene ring substituents is 1. The van der Waals surface area contributed by atoms with Gasteiger partial charge in [-0.3, -0.25) is 19.5 Å². The zero-order valence-corrected chi connectivity index (χ0v) is 12.7. The number of hydrogen-bond donors (Lipinski definition) is 1. The molecule has 10 heteroatoms. The van der Waals surface area contributed by atoms with E-state index in [1.54, 1.807) is 12.1 Å². The molecule has 0 unspecified atom stereocenters. The Balaban J connectivity index is 1.92. The molecule has 122 valence electrons. The Bertz CT molecular complexity index is 1010. The third-order valence-electron chi connectivity index (χ3n) is 3.20. The van der Waals surface area contributed by atoms with E-state index >= 15 is 0 Å². The second-order valence-corrected chi connectivity index (χ2v) is 5.11. The summed E-state index contributed by atoms with van der Waals surface area (Å²) in [7, 11) is 0. The number of oxazole rings is 1. The van der Waals surface area contributed by atoms with Crippen molar-refractivity contribution in [3.05, 3.63) is 62.3 Å². The quantitative estimate of drug-likeness (QED) is 0.438. The smallest absolute Gasteiger partial charge is 0.408 e. The highest BCUT2D eigenvalue weighted by molar-refractivity contribution is 6.32. The molecule has 0 fully saturated rings. The first kappa shape index (κ1) is 15.7. The van der Waals surface area contributed by atoms with Crippen LogP contribution in [0.5, 0.6) is 0 Å². The Morgan fingerprint density at radius 1 is 1.42 bits per heavy atom. The number of hydrogen-bond acceptors (Lipinski definition) is 6. The predicted molar refractivity (Wildman–Crippen MR) is 85.0 cm³/mol. The first-order valence-corrected chi connectivity index (χ1v) is 7.01. The molecule has 0 radical (unpaired) electrons. The van der Waals surface area contributed by atoms with E-state index in [9.17, 15) is 19.7 Å². The SMILES string of the molecule is O=C(Cn1c(=O)oc2ccc([N+](=O)[O-])cc21)Nc1cccnc1Cl. The highest BCUT2D eigenvalue weighted by atomic mass is 35.5. The van der Waals surface area contributed by atoms with Crippen molar-refractivity contribution in [3.8, 4) is 0 Å². The van der Waals surface area contributed by atoms with Crippen molar-refractivity contribution in [1.29, 1.82) is 0 Å². The van der Waals surface area contributed by atoms with Crippen LogP contribution in [-0.2, 0) is 11.3 Å². The van der Waals surface area contributed by atoms with E-state index in [1.807, 2.05) is 0 Å². The molecule has 1 N–H and O–H groups in total. The van der Waals surface area contributed by atoms with Crippen molar-refractivity contribution in [3.63, 3.8) is 0 Å². The second-order valence-electron chi connectivity index (χ2n) is 4.75. The van der Waals surface area contributed by atoms with E-state index in [2.05, 4.69) is 10.3 Å². The number of anilines is 1. The van der Waals surface area contributed by atoms with Crippen LogP contribution in [0.15, 0.2) is 45.7 Å². The van der Waals surface area contributed by atoms with Crippen LogP contribution in [0.2, 0.25) is 5.15 Å². The molecule has 1 aromatic carbocycles. The summed E-state index contributed by atoms with van der Waals surface area (Å²) < 4.78 is 5.98. The molecule has 24 heavy (non-hydrogen) atoms. The Labute approximate surface area is 138 Å². The van der Waals surface area contributed by atoms with Crippen molar-refractivity contribution >= 4 is 40.0 Å². The molecule has 1 amide bonds. The number of amides is 1. The van der Waals surface area contributed by atoms with Crippen molar-refractivity contribution < 1.29 is 14.1 Å². The topological polar surface area (TPSA) is 120 Å². The van der Waals surface area contributed by atoms with Crippen LogP contribution in [0.3, 0.4) is 0 Å². The van der Waals surface area contributed by atoms with Gasteiger partial charge in [-0.1, -0.05) is 11.6 Å². The fourth-order valence-electron chi connectivity index (χ4n) is 2.13. The lowest BCUT2D eigenvalue weighted by molar-refractivity contribution is -0.384. The molecular formula is C14H9ClN4O5. The number of pyridine rings is 1. The number of nitro groups is 1. The van der Waals surface area contributed by atoms with E-state index in [-0.39, 0.29) is 27.6 Å². The number of halogens is 1. The Hall–Kier alpha value is -3.20. The summed E-state index contributed by atoms with van der Waals surface area (Å²) >= 11 is 5.84. The Morgan fingerprint density at radius 3 is 2.92 bits per heavy atom. The van der Waals surface area contributed by atoms with Crippen LogP contribution in [0, 0.1) is 10.1 Å². The van der Waals surface area contributed by atoms with Gasteiger partial charge in [0, 0.05) is 18.3 Å². The lowest BCUT2D eigenvalue weighted by atomic mass is 10.3. The molecule has 0 atom stereocenters. The lowest BCUT2D eigenvalue weighted by Crippen LogP contribution is -2.25. The summed E-state index contributed by atoms with van der Waals surface area (Å²) in [4.78, 5) is 38.1. The summed E-state index contributed by atoms with van der Waals surface area (Å²) in [6, 6.07) is 6.83. The van der Waals surface area contributed by atoms with Gasteiger partial charge < -0.3 is 9.73 Å². The summed E-state index contributed by atoms with van der Waals surface area (Å²) in [5.74, 6) is -1.35. The van der Waals surface area contributed by atoms with Crippen LogP contribution in [0.1, 0.15) is 0 Å². The second kappa shape index (κ2) is 6.13. The van der Waals surface area contributed by atoms with Crippen molar-refractivity contribution in [2.24, 2.45) is 0 Å². The zero-order chi connectivity index (χ0) is 17.3. The van der Waals surface area contributed by atoms with Crippen LogP contribution in [-0.4, -0.2) is 20.4 Å². The minimum atomic E-state index is -0.794. The van der Waals surface area contributed by atoms with E-state index < -0.39 is 23.1 Å². The van der Waals surface area contributed by atoms with E-state index in [0.717, 1.165) is 4.57 Å². The monoisotopic (exact) mass is 348 g/mol. The van der Waals surface area contributed by atoms with Crippen LogP contribution < -0.4 is 11.1 Å². The van der Waals surface area contributed by atoms with Gasteiger partial charge in [-0.2, -0.15) is 0 Å². The molecule has 0 saturated heterocycles. The molecule has 3 aromatic rings. The van der Waals surface area contributed by atoms with Gasteiger partial charge in [-0.05, 0) is 18.2 Å². The number of nitrogens with one attached hydrogen (secondary N) is 1. The molecule has 0 spiro atoms. The number of rotatable bonds is 4. The Kier molecular flexibility index (Phi) is 4.00. The highest BCUT2D eigenvalue weighted by Gasteiger charge is 2.17. The number of carbonyl (C=O) groups is 1. The lowest BCUT2D eigenvalue weighted by Gasteiger charge is -2.06. The number of non-ortho nitro benzene ring substituents is 1. The largest absolute Gasteiger partial charge is 0.420 e. The standard InChI is InChI=1S/C14H9ClN4O5/c15-13-9(2-1-5-16-13)17-12(20)7-18-10-6-8(19(22)23)3-4-11(10)24-14(18)21/h1-6H,7H2,(H,17,20). The highest BCUT2D eigenvalue weighted by Crippen LogP contribution is 2.21. The van der Waals surface area contributed by atoms with Gasteiger partial charge in [-0.25, -0.2) is 9.78 Å². The van der Waals surface area contributed by atoms with Gasteiger partial charge in [0.05, 0.1) is 16.1 Å². The molecule has 0 aliphatic carbocycles. The normalized spacial score (nSPS) is 10.7. The number of carbonyl (C=O) groups excluding carboxylic acids is 1. The Morgan fingerprint density at radius 2 is 2.21 bits per heavy atom. The summed E-state index contributed by atoms with van der Waals surface area (Å²) in [6.07, 6.45) is 1.46. The zero-order valence-electron chi connectivity index (χ0n) is 11.9. The van der Waals surface area contributed by atoms with Gasteiger partial charge in [0.25, 0.3) is 5.69 Å². The average Bonchev–Trinajstić information content (AvgIpc) is 2.85. The molecular weight excluding hydrogens is 340 g/mol. The van der Waals surface area contributed by atoms with E-state index in [4.69, 9.17) is 16.0 Å². The third-order valence-corrected chi connectivity index (χ3v) is 3.50. The molecule has 9 nitrogen and oxygen atoms in total. The van der Waals surface area contributed by atoms with Gasteiger partial charge >= 0.3 is 5.76 Å². The number of benzene rings is 1. The van der Waals surface area contributed by atoms with E-state index in [1.165, 1.54) is 24.4 Å². The first-order valence-electron chi connectivity index (χ1n) is 6.64. The van der Waals surface area contributed by atoms with Crippen LogP contribution in [0.25, 0.3) is 11.1 Å². The minimum Gasteiger partial charge on any atom is -0.408 e. The van der Waals surface area contributed by atoms with Crippen LogP contribution in [0.4, 0.5) is 11.4 Å². The number of nitrogens with zero attached hydrogens (tertiary/aromatic N) is 3. The first-order chi connectivity index (χ1) is 11.5. The van der Waals surface area contributed by atoms with Gasteiger partial charge in [-0.15, -0.1) is 0 Å². The summed E-state index contributed by atoms with van der Waals surface area (Å²) in [5, 5.41) is 13.5. The number of fused-ring (bicyclic) bond motifs is 1. The van der Waals surface area contributed by atoms with Crippen molar-refractivity contribution in [1.82, 2.24) is 9.55 Å². The van der Waals surface area contributed by atoms with Crippen molar-refractivity contribution in [2.45, 2.75) is 6.54 Å². The number of aromatic nitrogens is 2. The molecule has 0 bridgehead atoms. The van der Waals surface area contributed by atoms with Gasteiger partial charge in [0.2, 0.25) is 5.91 Å². The maximum absolute atomic E-state index is 12.1. The molecule has 0 aliphatic heterocycles. The molecule has 0 saturated carbocycles. The summed E-state index contributed by atoms with van der Waals surface area (Å²) in [5.41, 5.74) is 0.378. The molecule has 0 aliphatic rings. The third kappa shape index (κ3) is 2.97. The predicted octanol–water partition coefficient (Wildman–Crippen LogP) is 2.19. The van der Waals surface area contributed by atoms with Gasteiger partial charge in [0.15, 0.2) is 10.7 Å². The maximum Gasteiger partial charge on any atom is 0.420 e. The van der Waals surface area contributed by atoms with E-state index in [0.29, 0.717) is 0 Å². The van der Waals surface area contributed by atoms with Gasteiger partial charge in [0.1, 0.15) is 6.54 Å². The fourth-order valence-corrected chi connectivity index (χ4v) is 2.29. The van der Waals surface area contributed by atoms with Crippen molar-refractivity contribution in [2.75, 3.05) is 5.32 Å².